The summed E-state index contributed by atoms with van der Waals surface area (Å²) in [5.41, 5.74) is 3.08. The van der Waals surface area contributed by atoms with Gasteiger partial charge in [0.05, 0.1) is 30.3 Å². The lowest BCUT2D eigenvalue weighted by molar-refractivity contribution is -0.196. The Kier molecular flexibility index (Phi) is 11.5. The summed E-state index contributed by atoms with van der Waals surface area (Å²) in [7, 11) is -2.39. The van der Waals surface area contributed by atoms with E-state index in [1.54, 1.807) is 31.4 Å². The molecule has 7 rings (SSSR count). The predicted octanol–water partition coefficient (Wildman–Crippen LogP) is 6.53. The Bertz CT molecular complexity index is 1780. The van der Waals surface area contributed by atoms with Gasteiger partial charge in [0.25, 0.3) is 10.1 Å². The second-order valence-electron chi connectivity index (χ2n) is 14.2. The quantitative estimate of drug-likeness (QED) is 0.0758. The topological polar surface area (TPSA) is 108 Å². The third-order valence-electron chi connectivity index (χ3n) is 10.1. The van der Waals surface area contributed by atoms with Crippen LogP contribution in [0.15, 0.2) is 120 Å². The fraction of sp³-hybridized carbons (Fsp3) is 0.429. The molecule has 0 radical (unpaired) electrons. The average Bonchev–Trinajstić information content (AvgIpc) is 3.69. The van der Waals surface area contributed by atoms with Crippen LogP contribution in [-0.4, -0.2) is 84.0 Å². The van der Waals surface area contributed by atoms with E-state index in [0.29, 0.717) is 13.0 Å². The van der Waals surface area contributed by atoms with Gasteiger partial charge >= 0.3 is 0 Å². The molecule has 0 saturated carbocycles. The van der Waals surface area contributed by atoms with E-state index in [2.05, 4.69) is 36.4 Å². The molecule has 0 spiro atoms. The maximum Gasteiger partial charge on any atom is 0.296 e. The highest BCUT2D eigenvalue weighted by Gasteiger charge is 2.61. The monoisotopic (exact) mass is 744 g/mol. The number of hydrogen-bond donors (Lipinski definition) is 0. The molecule has 3 heterocycles. The van der Waals surface area contributed by atoms with Crippen molar-refractivity contribution in [3.05, 3.63) is 138 Å². The molecule has 3 fully saturated rings. The first-order chi connectivity index (χ1) is 25.6. The van der Waals surface area contributed by atoms with Gasteiger partial charge in [0.15, 0.2) is 5.79 Å². The molecule has 0 aromatic heterocycles. The Hall–Kier alpha value is -3.49. The van der Waals surface area contributed by atoms with Gasteiger partial charge in [-0.1, -0.05) is 109 Å². The molecule has 4 aromatic rings. The Morgan fingerprint density at radius 1 is 0.660 bits per heavy atom. The number of methoxy groups -OCH3 is 1. The summed E-state index contributed by atoms with van der Waals surface area (Å²) < 4.78 is 76.5. The lowest BCUT2D eigenvalue weighted by atomic mass is 9.80. The smallest absolute Gasteiger partial charge is 0.296 e. The Morgan fingerprint density at radius 3 is 1.75 bits per heavy atom. The third-order valence-corrected chi connectivity index (χ3v) is 11.4. The second-order valence-corrected chi connectivity index (χ2v) is 15.8. The van der Waals surface area contributed by atoms with Gasteiger partial charge in [-0.05, 0) is 56.0 Å². The fourth-order valence-corrected chi connectivity index (χ4v) is 8.69. The largest absolute Gasteiger partial charge is 0.366 e. The van der Waals surface area contributed by atoms with E-state index in [-0.39, 0.29) is 24.7 Å². The third kappa shape index (κ3) is 8.00. The van der Waals surface area contributed by atoms with Crippen molar-refractivity contribution in [1.82, 2.24) is 0 Å². The molecule has 11 heteroatoms. The number of benzene rings is 4. The molecular weight excluding hydrogens is 697 g/mol. The molecule has 4 aromatic carbocycles. The van der Waals surface area contributed by atoms with E-state index >= 15 is 0 Å². The molecule has 3 aliphatic heterocycles. The van der Waals surface area contributed by atoms with Gasteiger partial charge in [0, 0.05) is 13.5 Å². The van der Waals surface area contributed by atoms with Gasteiger partial charge in [-0.15, -0.1) is 0 Å². The van der Waals surface area contributed by atoms with Crippen molar-refractivity contribution in [1.29, 1.82) is 0 Å². The lowest BCUT2D eigenvalue weighted by Gasteiger charge is -2.39. The maximum absolute atomic E-state index is 13.0. The van der Waals surface area contributed by atoms with Crippen LogP contribution in [0, 0.1) is 6.92 Å². The van der Waals surface area contributed by atoms with Crippen molar-refractivity contribution in [2.45, 2.75) is 92.6 Å². The summed E-state index contributed by atoms with van der Waals surface area (Å²) in [6.45, 7) is 5.85. The van der Waals surface area contributed by atoms with Gasteiger partial charge in [0.2, 0.25) is 0 Å². The zero-order chi connectivity index (χ0) is 37.1. The first-order valence-corrected chi connectivity index (χ1v) is 19.6. The minimum atomic E-state index is -3.96. The van der Waals surface area contributed by atoms with Crippen molar-refractivity contribution >= 4 is 10.1 Å². The van der Waals surface area contributed by atoms with Gasteiger partial charge in [-0.3, -0.25) is 4.18 Å². The van der Waals surface area contributed by atoms with Crippen molar-refractivity contribution in [3.8, 4) is 0 Å². The molecule has 0 amide bonds. The van der Waals surface area contributed by atoms with E-state index in [1.165, 1.54) is 0 Å². The van der Waals surface area contributed by atoms with Gasteiger partial charge in [0.1, 0.15) is 42.9 Å². The molecular formula is C42H48O10S. The van der Waals surface area contributed by atoms with Gasteiger partial charge in [-0.2, -0.15) is 8.42 Å². The highest BCUT2D eigenvalue weighted by molar-refractivity contribution is 7.86. The molecule has 3 saturated heterocycles. The molecule has 53 heavy (non-hydrogen) atoms. The summed E-state index contributed by atoms with van der Waals surface area (Å²) in [4.78, 5) is 0.102. The van der Waals surface area contributed by atoms with Crippen molar-refractivity contribution in [3.63, 3.8) is 0 Å². The van der Waals surface area contributed by atoms with Crippen molar-refractivity contribution < 1.29 is 45.8 Å². The highest BCUT2D eigenvalue weighted by atomic mass is 32.2. The SMILES string of the molecule is COCO[C@@H]1[C@@H]2O[C@@H](CCOS(=O)(=O)c3ccc(C)cc3)[C@@H]3OC(C)(C)O[C@@H]3[C@@H]2O[C@@H]1CCOC(c1ccccc1)(c1ccccc1)c1ccccc1. The van der Waals surface area contributed by atoms with E-state index in [0.717, 1.165) is 22.3 Å². The summed E-state index contributed by atoms with van der Waals surface area (Å²) in [5, 5.41) is 0. The van der Waals surface area contributed by atoms with Crippen LogP contribution in [-0.2, 0) is 53.1 Å². The Labute approximate surface area is 312 Å². The highest BCUT2D eigenvalue weighted by Crippen LogP contribution is 2.46. The first kappa shape index (κ1) is 37.8. The number of hydrogen-bond acceptors (Lipinski definition) is 10. The molecule has 0 unspecified atom stereocenters. The number of fused-ring (bicyclic) bond motifs is 3. The van der Waals surface area contributed by atoms with Crippen molar-refractivity contribution in [2.75, 3.05) is 27.1 Å². The minimum Gasteiger partial charge on any atom is -0.366 e. The standard InChI is InChI=1S/C42H48O10S/c1-29-20-22-33(23-21-29)53(43,44)48-27-25-35-37-40(52-41(2,3)51-37)39-38(50-35)36(46-28-45-4)34(49-39)24-26-47-42(30-14-8-5-9-15-30,31-16-10-6-11-17-31)32-18-12-7-13-19-32/h5-23,34-40H,24-28H2,1-4H3/t34-,35+,36+,37+,38+,39-,40+/m1/s1. The van der Waals surface area contributed by atoms with Crippen LogP contribution in [0.1, 0.15) is 48.9 Å². The van der Waals surface area contributed by atoms with Crippen LogP contribution in [0.5, 0.6) is 0 Å². The maximum atomic E-state index is 13.0. The van der Waals surface area contributed by atoms with E-state index in [1.807, 2.05) is 75.4 Å². The fourth-order valence-electron chi connectivity index (χ4n) is 7.77. The van der Waals surface area contributed by atoms with Crippen LogP contribution in [0.25, 0.3) is 0 Å². The molecule has 3 aliphatic rings. The van der Waals surface area contributed by atoms with Crippen LogP contribution in [0.3, 0.4) is 0 Å². The first-order valence-electron chi connectivity index (χ1n) is 18.1. The van der Waals surface area contributed by atoms with E-state index in [4.69, 9.17) is 37.3 Å². The lowest BCUT2D eigenvalue weighted by Crippen LogP contribution is -2.57. The van der Waals surface area contributed by atoms with Crippen LogP contribution in [0.2, 0.25) is 0 Å². The zero-order valence-electron chi connectivity index (χ0n) is 30.5. The zero-order valence-corrected chi connectivity index (χ0v) is 31.4. The summed E-state index contributed by atoms with van der Waals surface area (Å²) in [6.07, 6.45) is -2.86. The van der Waals surface area contributed by atoms with Gasteiger partial charge in [-0.25, -0.2) is 0 Å². The normalized spacial score (nSPS) is 26.6. The summed E-state index contributed by atoms with van der Waals surface area (Å²) in [5.74, 6) is -0.908. The molecule has 282 valence electrons. The molecule has 0 aliphatic carbocycles. The number of aryl methyl sites for hydroxylation is 1. The van der Waals surface area contributed by atoms with E-state index < -0.39 is 64.2 Å². The Morgan fingerprint density at radius 2 is 1.19 bits per heavy atom. The van der Waals surface area contributed by atoms with Gasteiger partial charge < -0.3 is 33.2 Å². The van der Waals surface area contributed by atoms with Crippen LogP contribution >= 0.6 is 0 Å². The Balaban J connectivity index is 1.12. The molecule has 10 nitrogen and oxygen atoms in total. The second kappa shape index (κ2) is 16.1. The average molecular weight is 745 g/mol. The summed E-state index contributed by atoms with van der Waals surface area (Å²) >= 11 is 0. The minimum absolute atomic E-state index is 0.0272. The molecule has 0 N–H and O–H groups in total. The van der Waals surface area contributed by atoms with Crippen molar-refractivity contribution in [2.24, 2.45) is 0 Å². The predicted molar refractivity (Wildman–Crippen MR) is 197 cm³/mol. The molecule has 7 atom stereocenters. The van der Waals surface area contributed by atoms with Crippen LogP contribution < -0.4 is 0 Å². The summed E-state index contributed by atoms with van der Waals surface area (Å²) in [6, 6.07) is 37.3. The molecule has 0 bridgehead atoms. The van der Waals surface area contributed by atoms with Crippen LogP contribution in [0.4, 0.5) is 0 Å². The number of ether oxygens (including phenoxy) is 7. The number of rotatable bonds is 15. The van der Waals surface area contributed by atoms with E-state index in [9.17, 15) is 8.42 Å².